The van der Waals surface area contributed by atoms with Gasteiger partial charge in [0.15, 0.2) is 0 Å². The molecular formula is C12H13ClFN3O4S. The fraction of sp³-hybridized carbons (Fsp3) is 0.333. The number of urea groups is 1. The number of carbonyl (C=O) groups is 2. The van der Waals surface area contributed by atoms with Gasteiger partial charge in [-0.2, -0.15) is 0 Å². The van der Waals surface area contributed by atoms with Crippen LogP contribution in [0.15, 0.2) is 18.2 Å². The lowest BCUT2D eigenvalue weighted by atomic mass is 10.2. The van der Waals surface area contributed by atoms with Crippen molar-refractivity contribution in [3.05, 3.63) is 29.0 Å². The first-order valence-corrected chi connectivity index (χ1v) is 8.34. The average Bonchev–Trinajstić information content (AvgIpc) is 2.82. The van der Waals surface area contributed by atoms with Crippen molar-refractivity contribution >= 4 is 39.2 Å². The Morgan fingerprint density at radius 3 is 2.64 bits per heavy atom. The van der Waals surface area contributed by atoms with Crippen LogP contribution in [0.2, 0.25) is 5.02 Å². The number of sulfonamides is 1. The number of likely N-dealkylation sites (N-methyl/N-ethyl adjacent to an activating group) is 1. The lowest BCUT2D eigenvalue weighted by Gasteiger charge is -2.21. The molecule has 7 nitrogen and oxygen atoms in total. The molecule has 1 atom stereocenters. The Morgan fingerprint density at radius 2 is 2.14 bits per heavy atom. The van der Waals surface area contributed by atoms with Gasteiger partial charge in [-0.3, -0.25) is 4.79 Å². The minimum Gasteiger partial charge on any atom is -0.323 e. The van der Waals surface area contributed by atoms with Gasteiger partial charge < -0.3 is 10.2 Å². The summed E-state index contributed by atoms with van der Waals surface area (Å²) in [5, 5.41) is 2.15. The normalized spacial score (nSPS) is 18.3. The largest absolute Gasteiger partial charge is 0.331 e. The minimum atomic E-state index is -3.74. The Morgan fingerprint density at radius 1 is 1.50 bits per heavy atom. The molecule has 1 aromatic carbocycles. The molecule has 1 aliphatic rings. The number of hydrogen-bond donors (Lipinski definition) is 1. The Labute approximate surface area is 131 Å². The fourth-order valence-electron chi connectivity index (χ4n) is 2.00. The van der Waals surface area contributed by atoms with Gasteiger partial charge in [0.25, 0.3) is 5.91 Å². The van der Waals surface area contributed by atoms with Crippen molar-refractivity contribution in [3.8, 4) is 0 Å². The molecule has 0 unspecified atom stereocenters. The topological polar surface area (TPSA) is 86.8 Å². The lowest BCUT2D eigenvalue weighted by molar-refractivity contribution is -0.119. The molecule has 1 aliphatic heterocycles. The number of benzene rings is 1. The van der Waals surface area contributed by atoms with Crippen LogP contribution in [0.5, 0.6) is 0 Å². The second-order valence-electron chi connectivity index (χ2n) is 4.79. The van der Waals surface area contributed by atoms with E-state index in [1.165, 1.54) is 24.1 Å². The third-order valence-electron chi connectivity index (χ3n) is 3.19. The summed E-state index contributed by atoms with van der Waals surface area (Å²) in [6.45, 7) is -0.296. The van der Waals surface area contributed by atoms with Gasteiger partial charge in [-0.1, -0.05) is 11.6 Å². The second-order valence-corrected chi connectivity index (χ2v) is 7.11. The highest BCUT2D eigenvalue weighted by Gasteiger charge is 2.39. The maximum absolute atomic E-state index is 13.1. The minimum absolute atomic E-state index is 0.148. The van der Waals surface area contributed by atoms with Crippen molar-refractivity contribution in [1.29, 1.82) is 0 Å². The van der Waals surface area contributed by atoms with Crippen LogP contribution in [0.3, 0.4) is 0 Å². The summed E-state index contributed by atoms with van der Waals surface area (Å²) in [4.78, 5) is 25.1. The van der Waals surface area contributed by atoms with E-state index in [1.54, 1.807) is 0 Å². The summed E-state index contributed by atoms with van der Waals surface area (Å²) in [6, 6.07) is 1.85. The van der Waals surface area contributed by atoms with Crippen molar-refractivity contribution in [2.45, 2.75) is 6.04 Å². The quantitative estimate of drug-likeness (QED) is 0.874. The van der Waals surface area contributed by atoms with E-state index in [1.807, 2.05) is 0 Å². The summed E-state index contributed by atoms with van der Waals surface area (Å²) in [5.74, 6) is -1.16. The average molecular weight is 350 g/mol. The summed E-state index contributed by atoms with van der Waals surface area (Å²) >= 11 is 5.66. The van der Waals surface area contributed by atoms with Crippen molar-refractivity contribution < 1.29 is 22.4 Å². The molecule has 1 N–H and O–H groups in total. The number of carbonyl (C=O) groups excluding carboxylic acids is 2. The molecular weight excluding hydrogens is 337 g/mol. The van der Waals surface area contributed by atoms with E-state index in [0.29, 0.717) is 9.99 Å². The monoisotopic (exact) mass is 349 g/mol. The van der Waals surface area contributed by atoms with Crippen LogP contribution < -0.4 is 10.2 Å². The van der Waals surface area contributed by atoms with E-state index >= 15 is 0 Å². The van der Waals surface area contributed by atoms with Crippen LogP contribution in [-0.4, -0.2) is 50.6 Å². The number of nitrogens with zero attached hydrogens (tertiary/aromatic N) is 2. The smallest absolute Gasteiger partial charge is 0.323 e. The number of nitrogens with one attached hydrogen (secondary N) is 1. The molecule has 22 heavy (non-hydrogen) atoms. The van der Waals surface area contributed by atoms with Crippen LogP contribution in [0.4, 0.5) is 14.9 Å². The predicted octanol–water partition coefficient (Wildman–Crippen LogP) is 0.795. The molecule has 1 aromatic rings. The molecule has 0 aliphatic carbocycles. The summed E-state index contributed by atoms with van der Waals surface area (Å²) in [7, 11) is -2.32. The number of hydrogen-bond acceptors (Lipinski definition) is 4. The number of rotatable bonds is 3. The molecule has 0 aromatic heterocycles. The summed E-state index contributed by atoms with van der Waals surface area (Å²) in [6.07, 6.45) is 0.878. The van der Waals surface area contributed by atoms with Gasteiger partial charge in [0.05, 0.1) is 17.8 Å². The number of anilines is 1. The molecule has 1 saturated heterocycles. The van der Waals surface area contributed by atoms with Gasteiger partial charge in [-0.15, -0.1) is 0 Å². The Hall–Kier alpha value is -1.87. The third-order valence-corrected chi connectivity index (χ3v) is 4.60. The lowest BCUT2D eigenvalue weighted by Crippen LogP contribution is -2.44. The standard InChI is InChI=1S/C12H13ClFN3O4S/c1-16(7-3-4-9(14)8(13)5-7)11(18)10-6-17(12(19)15-10)22(2,20)21/h3-5,10H,6H2,1-2H3,(H,15,19)/t10-/m0/s1. The van der Waals surface area contributed by atoms with Gasteiger partial charge in [0.2, 0.25) is 10.0 Å². The van der Waals surface area contributed by atoms with Crippen molar-refractivity contribution in [2.24, 2.45) is 0 Å². The molecule has 0 bridgehead atoms. The third kappa shape index (κ3) is 3.14. The van der Waals surface area contributed by atoms with Crippen molar-refractivity contribution in [2.75, 3.05) is 24.7 Å². The summed E-state index contributed by atoms with van der Waals surface area (Å²) in [5.41, 5.74) is 0.323. The van der Waals surface area contributed by atoms with Gasteiger partial charge >= 0.3 is 6.03 Å². The summed E-state index contributed by atoms with van der Waals surface area (Å²) < 4.78 is 36.5. The fourth-order valence-corrected chi connectivity index (χ4v) is 2.94. The Balaban J connectivity index is 2.18. The maximum atomic E-state index is 13.1. The van der Waals surface area contributed by atoms with E-state index in [-0.39, 0.29) is 11.6 Å². The highest BCUT2D eigenvalue weighted by atomic mass is 35.5. The first-order valence-electron chi connectivity index (χ1n) is 6.12. The van der Waals surface area contributed by atoms with Gasteiger partial charge in [-0.05, 0) is 18.2 Å². The van der Waals surface area contributed by atoms with E-state index in [4.69, 9.17) is 11.6 Å². The molecule has 2 rings (SSSR count). The maximum Gasteiger partial charge on any atom is 0.331 e. The first kappa shape index (κ1) is 16.5. The van der Waals surface area contributed by atoms with Crippen LogP contribution >= 0.6 is 11.6 Å². The predicted molar refractivity (Wildman–Crippen MR) is 78.7 cm³/mol. The highest BCUT2D eigenvalue weighted by Crippen LogP contribution is 2.23. The Kier molecular flexibility index (Phi) is 4.30. The highest BCUT2D eigenvalue weighted by molar-refractivity contribution is 7.88. The van der Waals surface area contributed by atoms with Gasteiger partial charge in [-0.25, -0.2) is 21.9 Å². The molecule has 0 saturated carbocycles. The first-order chi connectivity index (χ1) is 10.1. The van der Waals surface area contributed by atoms with E-state index in [0.717, 1.165) is 12.3 Å². The zero-order valence-electron chi connectivity index (χ0n) is 11.7. The van der Waals surface area contributed by atoms with E-state index in [2.05, 4.69) is 5.32 Å². The zero-order chi connectivity index (χ0) is 16.7. The van der Waals surface area contributed by atoms with Crippen molar-refractivity contribution in [1.82, 2.24) is 9.62 Å². The van der Waals surface area contributed by atoms with Crippen LogP contribution in [0.25, 0.3) is 0 Å². The Bertz CT molecular complexity index is 740. The number of halogens is 2. The van der Waals surface area contributed by atoms with Crippen LogP contribution in [0, 0.1) is 5.82 Å². The van der Waals surface area contributed by atoms with Gasteiger partial charge in [0.1, 0.15) is 11.9 Å². The zero-order valence-corrected chi connectivity index (χ0v) is 13.3. The van der Waals surface area contributed by atoms with Crippen LogP contribution in [-0.2, 0) is 14.8 Å². The molecule has 120 valence electrons. The number of amides is 3. The molecule has 1 fully saturated rings. The molecule has 10 heteroatoms. The van der Waals surface area contributed by atoms with Crippen LogP contribution in [0.1, 0.15) is 0 Å². The van der Waals surface area contributed by atoms with Gasteiger partial charge in [0, 0.05) is 12.7 Å². The SMILES string of the molecule is CN(C(=O)[C@@H]1CN(S(C)(=O)=O)C(=O)N1)c1ccc(F)c(Cl)c1. The van der Waals surface area contributed by atoms with Crippen molar-refractivity contribution in [3.63, 3.8) is 0 Å². The molecule has 1 heterocycles. The second kappa shape index (κ2) is 5.73. The molecule has 3 amide bonds. The molecule has 0 radical (unpaired) electrons. The van der Waals surface area contributed by atoms with E-state index in [9.17, 15) is 22.4 Å². The molecule has 0 spiro atoms. The van der Waals surface area contributed by atoms with E-state index < -0.39 is 33.8 Å².